The lowest BCUT2D eigenvalue weighted by molar-refractivity contribution is -0.125. The van der Waals surface area contributed by atoms with Gasteiger partial charge in [-0.3, -0.25) is 14.5 Å². The summed E-state index contributed by atoms with van der Waals surface area (Å²) in [6, 6.07) is 5.47. The molecule has 94 valence electrons. The molecule has 3 rings (SSSR count). The first-order valence-electron chi connectivity index (χ1n) is 5.90. The Hall–Kier alpha value is -1.36. The number of hydrogen-bond donors (Lipinski definition) is 0. The summed E-state index contributed by atoms with van der Waals surface area (Å²) in [6.45, 7) is 0.170. The summed E-state index contributed by atoms with van der Waals surface area (Å²) in [4.78, 5) is 25.3. The van der Waals surface area contributed by atoms with E-state index in [9.17, 15) is 9.59 Å². The number of anilines is 1. The second-order valence-corrected chi connectivity index (χ2v) is 5.54. The van der Waals surface area contributed by atoms with Crippen LogP contribution in [-0.4, -0.2) is 24.8 Å². The number of benzene rings is 1. The predicted octanol–water partition coefficient (Wildman–Crippen LogP) is 2.15. The van der Waals surface area contributed by atoms with E-state index >= 15 is 0 Å². The molecule has 0 spiro atoms. The van der Waals surface area contributed by atoms with Crippen LogP contribution in [0, 0.1) is 5.92 Å². The van der Waals surface area contributed by atoms with E-state index in [1.807, 2.05) is 12.1 Å². The highest BCUT2D eigenvalue weighted by molar-refractivity contribution is 9.10. The number of carbonyl (C=O) groups excluding carboxylic acids is 2. The molecule has 1 heterocycles. The zero-order valence-corrected chi connectivity index (χ0v) is 11.3. The Morgan fingerprint density at radius 1 is 1.44 bits per heavy atom. The molecule has 0 unspecified atom stereocenters. The second kappa shape index (κ2) is 4.39. The molecule has 2 aliphatic rings. The van der Waals surface area contributed by atoms with Crippen molar-refractivity contribution < 1.29 is 14.3 Å². The van der Waals surface area contributed by atoms with Crippen LogP contribution >= 0.6 is 15.9 Å². The fourth-order valence-electron chi connectivity index (χ4n) is 2.04. The maximum Gasteiger partial charge on any atom is 0.265 e. The number of nitrogens with zero attached hydrogens (tertiary/aromatic N) is 1. The van der Waals surface area contributed by atoms with Gasteiger partial charge < -0.3 is 4.74 Å². The second-order valence-electron chi connectivity index (χ2n) is 4.62. The Bertz CT molecular complexity index is 525. The molecule has 4 nitrogen and oxygen atoms in total. The van der Waals surface area contributed by atoms with Crippen molar-refractivity contribution in [2.75, 3.05) is 18.1 Å². The SMILES string of the molecule is O=C(CN1C(=O)COc2ccc(Br)cc21)C1CC1. The van der Waals surface area contributed by atoms with Gasteiger partial charge in [-0.25, -0.2) is 0 Å². The van der Waals surface area contributed by atoms with Crippen LogP contribution in [0.25, 0.3) is 0 Å². The van der Waals surface area contributed by atoms with Crippen LogP contribution < -0.4 is 9.64 Å². The Balaban J connectivity index is 1.90. The van der Waals surface area contributed by atoms with Gasteiger partial charge in [-0.05, 0) is 31.0 Å². The lowest BCUT2D eigenvalue weighted by Gasteiger charge is -2.29. The highest BCUT2D eigenvalue weighted by atomic mass is 79.9. The third kappa shape index (κ3) is 2.14. The van der Waals surface area contributed by atoms with Crippen LogP contribution in [0.4, 0.5) is 5.69 Å². The maximum atomic E-state index is 11.9. The topological polar surface area (TPSA) is 46.6 Å². The lowest BCUT2D eigenvalue weighted by Crippen LogP contribution is -2.42. The fraction of sp³-hybridized carbons (Fsp3) is 0.385. The first-order chi connectivity index (χ1) is 8.65. The van der Waals surface area contributed by atoms with Gasteiger partial charge in [-0.1, -0.05) is 15.9 Å². The van der Waals surface area contributed by atoms with Gasteiger partial charge in [0, 0.05) is 10.4 Å². The van der Waals surface area contributed by atoms with E-state index in [-0.39, 0.29) is 30.8 Å². The van der Waals surface area contributed by atoms with Crippen LogP contribution in [0.5, 0.6) is 5.75 Å². The number of halogens is 1. The van der Waals surface area contributed by atoms with E-state index in [4.69, 9.17) is 4.74 Å². The molecule has 1 aromatic carbocycles. The molecule has 0 atom stereocenters. The molecule has 0 N–H and O–H groups in total. The first-order valence-corrected chi connectivity index (χ1v) is 6.70. The maximum absolute atomic E-state index is 11.9. The van der Waals surface area contributed by atoms with Crippen molar-refractivity contribution in [2.24, 2.45) is 5.92 Å². The molecule has 1 aromatic rings. The Kier molecular flexibility index (Phi) is 2.86. The highest BCUT2D eigenvalue weighted by Gasteiger charge is 2.34. The number of rotatable bonds is 3. The molecule has 0 radical (unpaired) electrons. The van der Waals surface area contributed by atoms with Crippen LogP contribution in [0.1, 0.15) is 12.8 Å². The summed E-state index contributed by atoms with van der Waals surface area (Å²) < 4.78 is 6.22. The molecule has 1 amide bonds. The van der Waals surface area contributed by atoms with E-state index in [1.165, 1.54) is 4.90 Å². The van der Waals surface area contributed by atoms with E-state index in [0.29, 0.717) is 11.4 Å². The fourth-order valence-corrected chi connectivity index (χ4v) is 2.39. The molecular weight excluding hydrogens is 298 g/mol. The molecule has 0 bridgehead atoms. The van der Waals surface area contributed by atoms with Gasteiger partial charge in [0.05, 0.1) is 12.2 Å². The van der Waals surface area contributed by atoms with Crippen molar-refractivity contribution in [1.29, 1.82) is 0 Å². The molecule has 5 heteroatoms. The Morgan fingerprint density at radius 2 is 2.22 bits per heavy atom. The van der Waals surface area contributed by atoms with Crippen molar-refractivity contribution in [3.63, 3.8) is 0 Å². The van der Waals surface area contributed by atoms with Gasteiger partial charge in [0.25, 0.3) is 5.91 Å². The Labute approximate surface area is 113 Å². The minimum atomic E-state index is -0.158. The smallest absolute Gasteiger partial charge is 0.265 e. The molecule has 1 fully saturated rings. The van der Waals surface area contributed by atoms with Crippen molar-refractivity contribution in [1.82, 2.24) is 0 Å². The third-order valence-electron chi connectivity index (χ3n) is 3.21. The van der Waals surface area contributed by atoms with Gasteiger partial charge >= 0.3 is 0 Å². The molecule has 1 aliphatic heterocycles. The van der Waals surface area contributed by atoms with Crippen molar-refractivity contribution >= 4 is 33.3 Å². The summed E-state index contributed by atoms with van der Waals surface area (Å²) in [5.41, 5.74) is 0.676. The standard InChI is InChI=1S/C13H12BrNO3/c14-9-3-4-12-10(5-9)15(13(17)7-18-12)6-11(16)8-1-2-8/h3-5,8H,1-2,6-7H2. The number of ether oxygens (including phenoxy) is 1. The van der Waals surface area contributed by atoms with Gasteiger partial charge in [-0.2, -0.15) is 0 Å². The number of hydrogen-bond acceptors (Lipinski definition) is 3. The summed E-state index contributed by atoms with van der Waals surface area (Å²) in [6.07, 6.45) is 1.92. The number of fused-ring (bicyclic) bond motifs is 1. The van der Waals surface area contributed by atoms with Crippen molar-refractivity contribution in [3.05, 3.63) is 22.7 Å². The van der Waals surface area contributed by atoms with Crippen LogP contribution in [0.2, 0.25) is 0 Å². The van der Waals surface area contributed by atoms with Crippen molar-refractivity contribution in [3.8, 4) is 5.75 Å². The zero-order valence-electron chi connectivity index (χ0n) is 9.69. The largest absolute Gasteiger partial charge is 0.482 e. The molecule has 18 heavy (non-hydrogen) atoms. The molecule has 0 aromatic heterocycles. The molecule has 1 saturated carbocycles. The van der Waals surface area contributed by atoms with Gasteiger partial charge in [-0.15, -0.1) is 0 Å². The van der Waals surface area contributed by atoms with E-state index in [2.05, 4.69) is 15.9 Å². The normalized spacial score (nSPS) is 18.3. The number of amides is 1. The predicted molar refractivity (Wildman–Crippen MR) is 69.7 cm³/mol. The average molecular weight is 310 g/mol. The first kappa shape index (κ1) is 11.7. The zero-order chi connectivity index (χ0) is 12.7. The highest BCUT2D eigenvalue weighted by Crippen LogP contribution is 2.36. The number of Topliss-reactive ketones (excluding diaryl/α,β-unsaturated/α-hetero) is 1. The lowest BCUT2D eigenvalue weighted by atomic mass is 10.2. The van der Waals surface area contributed by atoms with Gasteiger partial charge in [0.15, 0.2) is 12.4 Å². The average Bonchev–Trinajstić information content (AvgIpc) is 3.17. The Morgan fingerprint density at radius 3 is 2.94 bits per heavy atom. The van der Waals surface area contributed by atoms with E-state index in [1.54, 1.807) is 6.07 Å². The van der Waals surface area contributed by atoms with Crippen LogP contribution in [0.15, 0.2) is 22.7 Å². The third-order valence-corrected chi connectivity index (χ3v) is 3.70. The summed E-state index contributed by atoms with van der Waals surface area (Å²) in [5, 5.41) is 0. The van der Waals surface area contributed by atoms with E-state index < -0.39 is 0 Å². The summed E-state index contributed by atoms with van der Waals surface area (Å²) in [7, 11) is 0. The minimum Gasteiger partial charge on any atom is -0.482 e. The summed E-state index contributed by atoms with van der Waals surface area (Å²) >= 11 is 3.37. The van der Waals surface area contributed by atoms with E-state index in [0.717, 1.165) is 17.3 Å². The van der Waals surface area contributed by atoms with Crippen LogP contribution in [0.3, 0.4) is 0 Å². The monoisotopic (exact) mass is 309 g/mol. The van der Waals surface area contributed by atoms with Crippen LogP contribution in [-0.2, 0) is 9.59 Å². The molecule has 0 saturated heterocycles. The van der Waals surface area contributed by atoms with Gasteiger partial charge in [0.2, 0.25) is 0 Å². The van der Waals surface area contributed by atoms with Gasteiger partial charge in [0.1, 0.15) is 5.75 Å². The van der Waals surface area contributed by atoms with Crippen molar-refractivity contribution in [2.45, 2.75) is 12.8 Å². The summed E-state index contributed by atoms with van der Waals surface area (Å²) in [5.74, 6) is 0.809. The quantitative estimate of drug-likeness (QED) is 0.859. The minimum absolute atomic E-state index is 0.00653. The number of ketones is 1. The number of carbonyl (C=O) groups is 2. The molecule has 1 aliphatic carbocycles. The molecular formula is C13H12BrNO3.